The molecule has 2 amide bonds. The topological polar surface area (TPSA) is 65.9 Å². The Bertz CT molecular complexity index is 561. The number of amides is 2. The van der Waals surface area contributed by atoms with Crippen molar-refractivity contribution in [1.82, 2.24) is 10.9 Å². The monoisotopic (exact) mass is 347 g/mol. The predicted molar refractivity (Wildman–Crippen MR) is 99.2 cm³/mol. The Balaban J connectivity index is 1.62. The van der Waals surface area contributed by atoms with Gasteiger partial charge in [-0.25, -0.2) is 0 Å². The van der Waals surface area contributed by atoms with Crippen LogP contribution in [0.25, 0.3) is 0 Å². The highest BCUT2D eigenvalue weighted by molar-refractivity contribution is 5.82. The molecule has 0 saturated carbocycles. The van der Waals surface area contributed by atoms with Crippen molar-refractivity contribution in [1.29, 1.82) is 0 Å². The molecule has 3 N–H and O–H groups in total. The minimum absolute atomic E-state index is 0.0859. The molecule has 138 valence electrons. The fourth-order valence-corrected chi connectivity index (χ4v) is 2.99. The van der Waals surface area contributed by atoms with E-state index in [1.54, 1.807) is 0 Å². The Labute approximate surface area is 150 Å². The van der Waals surface area contributed by atoms with Crippen LogP contribution in [0.1, 0.15) is 33.6 Å². The third-order valence-corrected chi connectivity index (χ3v) is 4.33. The summed E-state index contributed by atoms with van der Waals surface area (Å²) < 4.78 is 0. The van der Waals surface area contributed by atoms with Crippen LogP contribution < -0.4 is 20.7 Å². The van der Waals surface area contributed by atoms with Crippen molar-refractivity contribution in [3.05, 3.63) is 30.3 Å². The van der Waals surface area contributed by atoms with E-state index in [-0.39, 0.29) is 17.2 Å². The van der Waals surface area contributed by atoms with Gasteiger partial charge >= 0.3 is 0 Å². The minimum atomic E-state index is -0.148. The molecular formula is C19H31N4O2+. The molecule has 6 heteroatoms. The normalized spacial score (nSPS) is 15.7. The molecule has 0 aromatic heterocycles. The van der Waals surface area contributed by atoms with E-state index in [0.29, 0.717) is 12.8 Å². The molecule has 0 atom stereocenters. The van der Waals surface area contributed by atoms with Crippen molar-refractivity contribution in [3.8, 4) is 0 Å². The van der Waals surface area contributed by atoms with E-state index in [1.165, 1.54) is 10.6 Å². The van der Waals surface area contributed by atoms with Crippen LogP contribution in [0.4, 0.5) is 5.69 Å². The summed E-state index contributed by atoms with van der Waals surface area (Å²) in [7, 11) is 0. The minimum Gasteiger partial charge on any atom is -0.360 e. The van der Waals surface area contributed by atoms with Crippen molar-refractivity contribution < 1.29 is 14.5 Å². The lowest BCUT2D eigenvalue weighted by Gasteiger charge is -2.33. The first-order chi connectivity index (χ1) is 11.8. The number of nitrogens with zero attached hydrogens (tertiary/aromatic N) is 1. The van der Waals surface area contributed by atoms with Gasteiger partial charge in [-0.3, -0.25) is 20.4 Å². The zero-order valence-electron chi connectivity index (χ0n) is 15.6. The maximum absolute atomic E-state index is 11.9. The van der Waals surface area contributed by atoms with Gasteiger partial charge in [-0.05, 0) is 17.5 Å². The average Bonchev–Trinajstić information content (AvgIpc) is 2.58. The molecule has 0 aliphatic carbocycles. The molecule has 1 fully saturated rings. The summed E-state index contributed by atoms with van der Waals surface area (Å²) >= 11 is 0. The summed E-state index contributed by atoms with van der Waals surface area (Å²) in [4.78, 5) is 27.4. The van der Waals surface area contributed by atoms with Crippen LogP contribution in [0.3, 0.4) is 0 Å². The lowest BCUT2D eigenvalue weighted by molar-refractivity contribution is -0.900. The molecular weight excluding hydrogens is 316 g/mol. The molecule has 0 bridgehead atoms. The summed E-state index contributed by atoms with van der Waals surface area (Å²) in [6.07, 6.45) is 0.816. The number of anilines is 1. The Morgan fingerprint density at radius 3 is 2.24 bits per heavy atom. The Kier molecular flexibility index (Phi) is 6.82. The van der Waals surface area contributed by atoms with Gasteiger partial charge in [0.05, 0.1) is 39.1 Å². The SMILES string of the molecule is CC(C)(C)CC(=O)NNC(=O)CC[NH+]1CCN(c2ccccc2)CC1. The number of hydrogen-bond donors (Lipinski definition) is 3. The Morgan fingerprint density at radius 1 is 1.04 bits per heavy atom. The number of quaternary nitrogens is 1. The number of para-hydroxylation sites is 1. The predicted octanol–water partition coefficient (Wildman–Crippen LogP) is 0.365. The van der Waals surface area contributed by atoms with Crippen molar-refractivity contribution >= 4 is 17.5 Å². The Hall–Kier alpha value is -2.08. The highest BCUT2D eigenvalue weighted by atomic mass is 16.2. The number of rotatable bonds is 5. The lowest BCUT2D eigenvalue weighted by atomic mass is 9.92. The van der Waals surface area contributed by atoms with Crippen molar-refractivity contribution in [2.75, 3.05) is 37.6 Å². The maximum atomic E-state index is 11.9. The van der Waals surface area contributed by atoms with E-state index < -0.39 is 0 Å². The first-order valence-corrected chi connectivity index (χ1v) is 9.05. The first kappa shape index (κ1) is 19.2. The van der Waals surface area contributed by atoms with Crippen LogP contribution >= 0.6 is 0 Å². The van der Waals surface area contributed by atoms with Gasteiger partial charge in [0.2, 0.25) is 11.8 Å². The van der Waals surface area contributed by atoms with Crippen LogP contribution in [0, 0.1) is 5.41 Å². The van der Waals surface area contributed by atoms with Crippen LogP contribution in [0.15, 0.2) is 30.3 Å². The first-order valence-electron chi connectivity index (χ1n) is 9.05. The second-order valence-corrected chi connectivity index (χ2v) is 7.91. The summed E-state index contributed by atoms with van der Waals surface area (Å²) in [5.41, 5.74) is 6.20. The smallest absolute Gasteiger partial charge is 0.244 e. The number of hydrazine groups is 1. The fraction of sp³-hybridized carbons (Fsp3) is 0.579. The average molecular weight is 347 g/mol. The number of piperazine rings is 1. The lowest BCUT2D eigenvalue weighted by Crippen LogP contribution is -3.15. The molecule has 1 saturated heterocycles. The van der Waals surface area contributed by atoms with Crippen molar-refractivity contribution in [2.24, 2.45) is 5.41 Å². The highest BCUT2D eigenvalue weighted by Gasteiger charge is 2.21. The summed E-state index contributed by atoms with van der Waals surface area (Å²) in [6, 6.07) is 10.4. The van der Waals surface area contributed by atoms with E-state index in [0.717, 1.165) is 32.7 Å². The molecule has 6 nitrogen and oxygen atoms in total. The number of nitrogens with one attached hydrogen (secondary N) is 3. The van der Waals surface area contributed by atoms with Gasteiger partial charge in [-0.15, -0.1) is 0 Å². The molecule has 1 aliphatic heterocycles. The third kappa shape index (κ3) is 7.13. The summed E-state index contributed by atoms with van der Waals surface area (Å²) in [5, 5.41) is 0. The zero-order valence-corrected chi connectivity index (χ0v) is 15.6. The second kappa shape index (κ2) is 8.85. The standard InChI is InChI=1S/C19H30N4O2/c1-19(2,3)15-18(25)21-20-17(24)9-10-22-11-13-23(14-12-22)16-7-5-4-6-8-16/h4-8H,9-15H2,1-3H3,(H,20,24)(H,21,25)/p+1. The van der Waals surface area contributed by atoms with Gasteiger partial charge in [0.1, 0.15) is 0 Å². The van der Waals surface area contributed by atoms with Crippen molar-refractivity contribution in [3.63, 3.8) is 0 Å². The van der Waals surface area contributed by atoms with E-state index in [9.17, 15) is 9.59 Å². The van der Waals surface area contributed by atoms with E-state index in [1.807, 2.05) is 26.8 Å². The fourth-order valence-electron chi connectivity index (χ4n) is 2.99. The third-order valence-electron chi connectivity index (χ3n) is 4.33. The largest absolute Gasteiger partial charge is 0.360 e. The van der Waals surface area contributed by atoms with Crippen LogP contribution in [-0.2, 0) is 9.59 Å². The van der Waals surface area contributed by atoms with E-state index in [2.05, 4.69) is 40.0 Å². The van der Waals surface area contributed by atoms with Crippen molar-refractivity contribution in [2.45, 2.75) is 33.6 Å². The van der Waals surface area contributed by atoms with Crippen LogP contribution in [0.2, 0.25) is 0 Å². The molecule has 0 spiro atoms. The van der Waals surface area contributed by atoms with E-state index in [4.69, 9.17) is 0 Å². The molecule has 1 aliphatic rings. The second-order valence-electron chi connectivity index (χ2n) is 7.91. The Morgan fingerprint density at radius 2 is 1.64 bits per heavy atom. The molecule has 25 heavy (non-hydrogen) atoms. The van der Waals surface area contributed by atoms with Gasteiger partial charge in [0.25, 0.3) is 0 Å². The van der Waals surface area contributed by atoms with Crippen LogP contribution in [-0.4, -0.2) is 44.5 Å². The molecule has 0 radical (unpaired) electrons. The van der Waals surface area contributed by atoms with E-state index >= 15 is 0 Å². The summed E-state index contributed by atoms with van der Waals surface area (Å²) in [5.74, 6) is -0.273. The number of hydrogen-bond acceptors (Lipinski definition) is 3. The highest BCUT2D eigenvalue weighted by Crippen LogP contribution is 2.17. The van der Waals surface area contributed by atoms with Gasteiger partial charge in [0.15, 0.2) is 0 Å². The van der Waals surface area contributed by atoms with Gasteiger partial charge in [-0.1, -0.05) is 39.0 Å². The number of carbonyl (C=O) groups excluding carboxylic acids is 2. The molecule has 1 heterocycles. The van der Waals surface area contributed by atoms with Gasteiger partial charge in [0, 0.05) is 12.1 Å². The molecule has 1 aromatic carbocycles. The van der Waals surface area contributed by atoms with Crippen LogP contribution in [0.5, 0.6) is 0 Å². The quantitative estimate of drug-likeness (QED) is 0.674. The number of carbonyl (C=O) groups is 2. The molecule has 0 unspecified atom stereocenters. The van der Waals surface area contributed by atoms with Gasteiger partial charge < -0.3 is 9.80 Å². The number of benzene rings is 1. The van der Waals surface area contributed by atoms with Gasteiger partial charge in [-0.2, -0.15) is 0 Å². The summed E-state index contributed by atoms with van der Waals surface area (Å²) in [6.45, 7) is 10.8. The zero-order chi connectivity index (χ0) is 18.3. The molecule has 1 aromatic rings. The molecule has 2 rings (SSSR count). The maximum Gasteiger partial charge on any atom is 0.244 e.